The first-order valence-corrected chi connectivity index (χ1v) is 8.02. The first-order chi connectivity index (χ1) is 9.17. The summed E-state index contributed by atoms with van der Waals surface area (Å²) in [6.07, 6.45) is 10.0. The first kappa shape index (κ1) is 16.5. The molecule has 2 atom stereocenters. The van der Waals surface area contributed by atoms with Crippen molar-refractivity contribution in [3.63, 3.8) is 0 Å². The average molecular weight is 270 g/mol. The number of rotatable bonds is 9. The van der Waals surface area contributed by atoms with E-state index < -0.39 is 11.5 Å². The minimum Gasteiger partial charge on any atom is -0.465 e. The van der Waals surface area contributed by atoms with Crippen molar-refractivity contribution in [3.8, 4) is 0 Å². The molecular weight excluding hydrogens is 240 g/mol. The van der Waals surface area contributed by atoms with Crippen molar-refractivity contribution in [2.24, 2.45) is 5.41 Å². The molecule has 0 saturated heterocycles. The second-order valence-corrected chi connectivity index (χ2v) is 5.80. The van der Waals surface area contributed by atoms with Gasteiger partial charge in [-0.25, -0.2) is 0 Å². The van der Waals surface area contributed by atoms with Gasteiger partial charge in [-0.3, -0.25) is 4.79 Å². The highest BCUT2D eigenvalue weighted by Crippen LogP contribution is 2.43. The van der Waals surface area contributed by atoms with Crippen molar-refractivity contribution in [1.29, 1.82) is 0 Å². The van der Waals surface area contributed by atoms with E-state index in [-0.39, 0.29) is 5.97 Å². The lowest BCUT2D eigenvalue weighted by molar-refractivity contribution is -0.161. The van der Waals surface area contributed by atoms with Crippen LogP contribution in [0.2, 0.25) is 0 Å². The van der Waals surface area contributed by atoms with Gasteiger partial charge in [0.1, 0.15) is 0 Å². The van der Waals surface area contributed by atoms with Gasteiger partial charge in [0, 0.05) is 0 Å². The molecule has 112 valence electrons. The van der Waals surface area contributed by atoms with Gasteiger partial charge in [0.15, 0.2) is 0 Å². The topological polar surface area (TPSA) is 46.5 Å². The Bertz CT molecular complexity index is 265. The molecule has 1 aliphatic rings. The Kier molecular flexibility index (Phi) is 7.44. The molecule has 3 nitrogen and oxygen atoms in total. The Labute approximate surface area is 117 Å². The van der Waals surface area contributed by atoms with E-state index in [4.69, 9.17) is 4.74 Å². The third-order valence-corrected chi connectivity index (χ3v) is 4.40. The number of hydrogen-bond donors (Lipinski definition) is 1. The van der Waals surface area contributed by atoms with Gasteiger partial charge in [0.25, 0.3) is 0 Å². The fraction of sp³-hybridized carbons (Fsp3) is 0.938. The number of carbonyl (C=O) groups is 1. The Morgan fingerprint density at radius 2 is 1.89 bits per heavy atom. The Hall–Kier alpha value is -0.570. The van der Waals surface area contributed by atoms with E-state index >= 15 is 0 Å². The minimum absolute atomic E-state index is 0.173. The van der Waals surface area contributed by atoms with Crippen LogP contribution in [0.3, 0.4) is 0 Å². The zero-order chi connectivity index (χ0) is 14.1. The van der Waals surface area contributed by atoms with Crippen LogP contribution in [0.5, 0.6) is 0 Å². The molecule has 0 aliphatic heterocycles. The summed E-state index contributed by atoms with van der Waals surface area (Å²) in [7, 11) is 0. The van der Waals surface area contributed by atoms with Crippen LogP contribution in [0.4, 0.5) is 0 Å². The first-order valence-electron chi connectivity index (χ1n) is 8.02. The maximum atomic E-state index is 12.2. The number of aliphatic hydroxyl groups is 1. The molecule has 0 aromatic rings. The van der Waals surface area contributed by atoms with Gasteiger partial charge in [-0.2, -0.15) is 0 Å². The second-order valence-electron chi connectivity index (χ2n) is 5.80. The summed E-state index contributed by atoms with van der Waals surface area (Å²) in [6.45, 7) is 4.45. The van der Waals surface area contributed by atoms with Crippen molar-refractivity contribution in [1.82, 2.24) is 0 Å². The van der Waals surface area contributed by atoms with Crippen LogP contribution in [0.1, 0.15) is 78.1 Å². The number of carbonyl (C=O) groups excluding carboxylic acids is 1. The molecule has 1 aliphatic carbocycles. The van der Waals surface area contributed by atoms with Gasteiger partial charge in [0.05, 0.1) is 18.1 Å². The molecule has 1 fully saturated rings. The highest BCUT2D eigenvalue weighted by molar-refractivity contribution is 5.78. The molecule has 0 radical (unpaired) electrons. The summed E-state index contributed by atoms with van der Waals surface area (Å²) in [5.74, 6) is -0.173. The van der Waals surface area contributed by atoms with Crippen LogP contribution in [0.15, 0.2) is 0 Å². The van der Waals surface area contributed by atoms with Gasteiger partial charge in [0.2, 0.25) is 0 Å². The molecule has 0 unspecified atom stereocenters. The number of unbranched alkanes of at least 4 members (excludes halogenated alkanes) is 5. The maximum Gasteiger partial charge on any atom is 0.314 e. The van der Waals surface area contributed by atoms with E-state index in [0.717, 1.165) is 38.5 Å². The van der Waals surface area contributed by atoms with E-state index in [1.54, 1.807) is 0 Å². The Morgan fingerprint density at radius 1 is 1.21 bits per heavy atom. The van der Waals surface area contributed by atoms with Gasteiger partial charge in [-0.15, -0.1) is 0 Å². The minimum atomic E-state index is -0.596. The van der Waals surface area contributed by atoms with Gasteiger partial charge < -0.3 is 9.84 Å². The average Bonchev–Trinajstić information content (AvgIpc) is 2.76. The van der Waals surface area contributed by atoms with Gasteiger partial charge in [-0.05, 0) is 32.6 Å². The second kappa shape index (κ2) is 8.57. The molecule has 0 aromatic heterocycles. The molecular formula is C16H30O3. The van der Waals surface area contributed by atoms with Crippen molar-refractivity contribution < 1.29 is 14.6 Å². The normalized spacial score (nSPS) is 26.6. The summed E-state index contributed by atoms with van der Waals surface area (Å²) in [5, 5.41) is 10.2. The van der Waals surface area contributed by atoms with Crippen LogP contribution in [-0.4, -0.2) is 23.8 Å². The van der Waals surface area contributed by atoms with Crippen LogP contribution in [-0.2, 0) is 9.53 Å². The van der Waals surface area contributed by atoms with Crippen molar-refractivity contribution in [2.75, 3.05) is 6.61 Å². The van der Waals surface area contributed by atoms with E-state index in [0.29, 0.717) is 6.61 Å². The fourth-order valence-electron chi connectivity index (χ4n) is 3.18. The quantitative estimate of drug-likeness (QED) is 0.511. The van der Waals surface area contributed by atoms with Crippen LogP contribution >= 0.6 is 0 Å². The standard InChI is InChI=1S/C16H30O3/c1-3-5-6-7-8-9-12-16(15(18)19-4-2)13-10-11-14(16)17/h14,17H,3-13H2,1-2H3/t14-,16+/m0/s1. The van der Waals surface area contributed by atoms with E-state index in [1.165, 1.54) is 25.7 Å². The highest BCUT2D eigenvalue weighted by Gasteiger charge is 2.48. The molecule has 0 aromatic carbocycles. The van der Waals surface area contributed by atoms with Gasteiger partial charge in [-0.1, -0.05) is 45.4 Å². The molecule has 0 heterocycles. The van der Waals surface area contributed by atoms with E-state index in [1.807, 2.05) is 6.92 Å². The monoisotopic (exact) mass is 270 g/mol. The predicted octanol–water partition coefficient (Wildman–Crippen LogP) is 3.83. The Balaban J connectivity index is 2.40. The van der Waals surface area contributed by atoms with Gasteiger partial charge >= 0.3 is 5.97 Å². The van der Waals surface area contributed by atoms with Crippen molar-refractivity contribution in [3.05, 3.63) is 0 Å². The fourth-order valence-corrected chi connectivity index (χ4v) is 3.18. The lowest BCUT2D eigenvalue weighted by Crippen LogP contribution is -2.39. The van der Waals surface area contributed by atoms with E-state index in [2.05, 4.69) is 6.92 Å². The molecule has 1 N–H and O–H groups in total. The number of ether oxygens (including phenoxy) is 1. The summed E-state index contributed by atoms with van der Waals surface area (Å²) in [6, 6.07) is 0. The van der Waals surface area contributed by atoms with E-state index in [9.17, 15) is 9.90 Å². The zero-order valence-corrected chi connectivity index (χ0v) is 12.6. The number of aliphatic hydroxyl groups excluding tert-OH is 1. The lowest BCUT2D eigenvalue weighted by Gasteiger charge is -2.30. The predicted molar refractivity (Wildman–Crippen MR) is 76.9 cm³/mol. The summed E-state index contributed by atoms with van der Waals surface area (Å²) in [4.78, 5) is 12.2. The lowest BCUT2D eigenvalue weighted by atomic mass is 9.79. The molecule has 1 saturated carbocycles. The third kappa shape index (κ3) is 4.48. The zero-order valence-electron chi connectivity index (χ0n) is 12.6. The molecule has 0 amide bonds. The number of esters is 1. The SMILES string of the molecule is CCCCCCCC[C@@]1(C(=O)OCC)CCC[C@@H]1O. The van der Waals surface area contributed by atoms with Crippen LogP contribution < -0.4 is 0 Å². The molecule has 1 rings (SSSR count). The third-order valence-electron chi connectivity index (χ3n) is 4.40. The molecule has 0 spiro atoms. The molecule has 3 heteroatoms. The van der Waals surface area contributed by atoms with Crippen molar-refractivity contribution >= 4 is 5.97 Å². The van der Waals surface area contributed by atoms with Crippen molar-refractivity contribution in [2.45, 2.75) is 84.2 Å². The highest BCUT2D eigenvalue weighted by atomic mass is 16.5. The van der Waals surface area contributed by atoms with Crippen LogP contribution in [0, 0.1) is 5.41 Å². The summed E-state index contributed by atoms with van der Waals surface area (Å²) >= 11 is 0. The Morgan fingerprint density at radius 3 is 2.47 bits per heavy atom. The smallest absolute Gasteiger partial charge is 0.314 e. The summed E-state index contributed by atoms with van der Waals surface area (Å²) in [5.41, 5.74) is -0.596. The largest absolute Gasteiger partial charge is 0.465 e. The molecule has 19 heavy (non-hydrogen) atoms. The molecule has 0 bridgehead atoms. The van der Waals surface area contributed by atoms with Crippen LogP contribution in [0.25, 0.3) is 0 Å². The number of hydrogen-bond acceptors (Lipinski definition) is 3. The summed E-state index contributed by atoms with van der Waals surface area (Å²) < 4.78 is 5.20. The maximum absolute atomic E-state index is 12.2.